The second-order valence-corrected chi connectivity index (χ2v) is 5.82. The summed E-state index contributed by atoms with van der Waals surface area (Å²) in [6.45, 7) is 5.39. The molecule has 6 heteroatoms. The smallest absolute Gasteiger partial charge is 0.239 e. The first-order valence-electron chi connectivity index (χ1n) is 7.50. The number of rotatable bonds is 5. The lowest BCUT2D eigenvalue weighted by molar-refractivity contribution is -0.137. The van der Waals surface area contributed by atoms with Gasteiger partial charge in [-0.2, -0.15) is 0 Å². The number of hydrogen-bond acceptors (Lipinski definition) is 3. The average Bonchev–Trinajstić information content (AvgIpc) is 2.48. The second kappa shape index (κ2) is 7.35. The van der Waals surface area contributed by atoms with Gasteiger partial charge in [0.15, 0.2) is 0 Å². The van der Waals surface area contributed by atoms with Crippen molar-refractivity contribution in [2.75, 3.05) is 26.2 Å². The Morgan fingerprint density at radius 3 is 2.64 bits per heavy atom. The van der Waals surface area contributed by atoms with Gasteiger partial charge >= 0.3 is 0 Å². The molecule has 0 radical (unpaired) electrons. The first-order chi connectivity index (χ1) is 10.5. The van der Waals surface area contributed by atoms with Gasteiger partial charge < -0.3 is 15.5 Å². The zero-order valence-electron chi connectivity index (χ0n) is 12.9. The maximum absolute atomic E-state index is 13.0. The molecule has 2 rings (SSSR count). The summed E-state index contributed by atoms with van der Waals surface area (Å²) in [5.74, 6) is -0.245. The van der Waals surface area contributed by atoms with Crippen molar-refractivity contribution < 1.29 is 14.0 Å². The quantitative estimate of drug-likeness (QED) is 0.855. The molecule has 2 N–H and O–H groups in total. The van der Waals surface area contributed by atoms with Gasteiger partial charge in [-0.1, -0.05) is 26.0 Å². The molecule has 0 aliphatic carbocycles. The third kappa shape index (κ3) is 4.27. The van der Waals surface area contributed by atoms with Crippen LogP contribution in [0.4, 0.5) is 4.39 Å². The van der Waals surface area contributed by atoms with E-state index >= 15 is 0 Å². The highest BCUT2D eigenvalue weighted by Gasteiger charge is 2.23. The van der Waals surface area contributed by atoms with E-state index < -0.39 is 0 Å². The minimum Gasteiger partial charge on any atom is -0.353 e. The standard InChI is InChI=1S/C16H22FN3O2/c1-11(2)16(12-3-5-13(17)6-4-12)19-9-15(22)20-8-7-18-14(21)10-20/h3-6,11,16,19H,7-10H2,1-2H3,(H,18,21). The highest BCUT2D eigenvalue weighted by atomic mass is 19.1. The molecule has 1 heterocycles. The molecule has 120 valence electrons. The Bertz CT molecular complexity index is 531. The van der Waals surface area contributed by atoms with E-state index in [4.69, 9.17) is 0 Å². The molecule has 1 atom stereocenters. The van der Waals surface area contributed by atoms with Gasteiger partial charge in [0.25, 0.3) is 0 Å². The van der Waals surface area contributed by atoms with E-state index in [0.29, 0.717) is 13.1 Å². The van der Waals surface area contributed by atoms with E-state index in [1.807, 2.05) is 13.8 Å². The molecule has 2 amide bonds. The molecule has 0 aromatic heterocycles. The lowest BCUT2D eigenvalue weighted by atomic mass is 9.96. The van der Waals surface area contributed by atoms with Crippen LogP contribution < -0.4 is 10.6 Å². The number of carbonyl (C=O) groups excluding carboxylic acids is 2. The molecular weight excluding hydrogens is 285 g/mol. The number of nitrogens with zero attached hydrogens (tertiary/aromatic N) is 1. The Kier molecular flexibility index (Phi) is 5.49. The van der Waals surface area contributed by atoms with Gasteiger partial charge in [0.05, 0.1) is 13.1 Å². The normalized spacial score (nSPS) is 16.5. The minimum absolute atomic E-state index is 0.0387. The zero-order valence-corrected chi connectivity index (χ0v) is 12.9. The molecule has 0 saturated carbocycles. The van der Waals surface area contributed by atoms with Crippen molar-refractivity contribution in [2.45, 2.75) is 19.9 Å². The number of carbonyl (C=O) groups is 2. The lowest BCUT2D eigenvalue weighted by Gasteiger charge is -2.28. The number of hydrogen-bond donors (Lipinski definition) is 2. The predicted molar refractivity (Wildman–Crippen MR) is 81.6 cm³/mol. The van der Waals surface area contributed by atoms with Crippen LogP contribution in [-0.4, -0.2) is 42.9 Å². The SMILES string of the molecule is CC(C)C(NCC(=O)N1CCNC(=O)C1)c1ccc(F)cc1. The van der Waals surface area contributed by atoms with E-state index in [0.717, 1.165) is 5.56 Å². The van der Waals surface area contributed by atoms with Gasteiger partial charge in [-0.3, -0.25) is 9.59 Å². The fraction of sp³-hybridized carbons (Fsp3) is 0.500. The summed E-state index contributed by atoms with van der Waals surface area (Å²) < 4.78 is 13.0. The molecule has 1 aromatic carbocycles. The lowest BCUT2D eigenvalue weighted by Crippen LogP contribution is -2.52. The molecule has 0 spiro atoms. The summed E-state index contributed by atoms with van der Waals surface area (Å²) >= 11 is 0. The number of benzene rings is 1. The maximum Gasteiger partial charge on any atom is 0.239 e. The number of halogens is 1. The molecular formula is C16H22FN3O2. The van der Waals surface area contributed by atoms with Crippen LogP contribution in [0.25, 0.3) is 0 Å². The third-order valence-corrected chi connectivity index (χ3v) is 3.76. The van der Waals surface area contributed by atoms with E-state index in [2.05, 4.69) is 10.6 Å². The fourth-order valence-electron chi connectivity index (χ4n) is 2.57. The van der Waals surface area contributed by atoms with Crippen LogP contribution in [0.15, 0.2) is 24.3 Å². The fourth-order valence-corrected chi connectivity index (χ4v) is 2.57. The summed E-state index contributed by atoms with van der Waals surface area (Å²) in [4.78, 5) is 25.0. The van der Waals surface area contributed by atoms with E-state index in [-0.39, 0.29) is 42.7 Å². The first kappa shape index (κ1) is 16.4. The zero-order chi connectivity index (χ0) is 16.1. The monoisotopic (exact) mass is 307 g/mol. The Labute approximate surface area is 129 Å². The van der Waals surface area contributed by atoms with Gasteiger partial charge in [0.1, 0.15) is 5.82 Å². The Hall–Kier alpha value is -1.95. The van der Waals surface area contributed by atoms with Crippen LogP contribution in [0.3, 0.4) is 0 Å². The second-order valence-electron chi connectivity index (χ2n) is 5.82. The Balaban J connectivity index is 1.95. The third-order valence-electron chi connectivity index (χ3n) is 3.76. The highest BCUT2D eigenvalue weighted by molar-refractivity contribution is 5.86. The van der Waals surface area contributed by atoms with Crippen molar-refractivity contribution in [1.29, 1.82) is 0 Å². The first-order valence-corrected chi connectivity index (χ1v) is 7.50. The molecule has 1 aliphatic rings. The van der Waals surface area contributed by atoms with Crippen LogP contribution in [-0.2, 0) is 9.59 Å². The molecule has 1 fully saturated rings. The van der Waals surface area contributed by atoms with Crippen molar-refractivity contribution in [3.05, 3.63) is 35.6 Å². The van der Waals surface area contributed by atoms with Crippen LogP contribution in [0, 0.1) is 11.7 Å². The summed E-state index contributed by atoms with van der Waals surface area (Å²) in [5, 5.41) is 5.91. The van der Waals surface area contributed by atoms with Crippen molar-refractivity contribution in [3.63, 3.8) is 0 Å². The molecule has 1 saturated heterocycles. The largest absolute Gasteiger partial charge is 0.353 e. The molecule has 1 aromatic rings. The maximum atomic E-state index is 13.0. The van der Waals surface area contributed by atoms with Gasteiger partial charge in [0.2, 0.25) is 11.8 Å². The van der Waals surface area contributed by atoms with Crippen molar-refractivity contribution in [3.8, 4) is 0 Å². The molecule has 1 aliphatic heterocycles. The van der Waals surface area contributed by atoms with E-state index in [1.54, 1.807) is 17.0 Å². The molecule has 22 heavy (non-hydrogen) atoms. The average molecular weight is 307 g/mol. The van der Waals surface area contributed by atoms with Crippen molar-refractivity contribution in [1.82, 2.24) is 15.5 Å². The minimum atomic E-state index is -0.276. The van der Waals surface area contributed by atoms with Gasteiger partial charge in [0, 0.05) is 19.1 Å². The van der Waals surface area contributed by atoms with Crippen LogP contribution >= 0.6 is 0 Å². The number of nitrogens with one attached hydrogen (secondary N) is 2. The Morgan fingerprint density at radius 2 is 2.05 bits per heavy atom. The van der Waals surface area contributed by atoms with E-state index in [9.17, 15) is 14.0 Å². The van der Waals surface area contributed by atoms with Crippen LogP contribution in [0.5, 0.6) is 0 Å². The van der Waals surface area contributed by atoms with Gasteiger partial charge in [-0.05, 0) is 23.6 Å². The van der Waals surface area contributed by atoms with Crippen molar-refractivity contribution in [2.24, 2.45) is 5.92 Å². The van der Waals surface area contributed by atoms with Gasteiger partial charge in [-0.25, -0.2) is 4.39 Å². The van der Waals surface area contributed by atoms with E-state index in [1.165, 1.54) is 12.1 Å². The summed E-state index contributed by atoms with van der Waals surface area (Å²) in [6, 6.07) is 6.26. The molecule has 5 nitrogen and oxygen atoms in total. The molecule has 1 unspecified atom stereocenters. The predicted octanol–water partition coefficient (Wildman–Crippen LogP) is 1.07. The number of amides is 2. The van der Waals surface area contributed by atoms with Crippen LogP contribution in [0.2, 0.25) is 0 Å². The summed E-state index contributed by atoms with van der Waals surface area (Å²) in [6.07, 6.45) is 0. The summed E-state index contributed by atoms with van der Waals surface area (Å²) in [5.41, 5.74) is 0.945. The highest BCUT2D eigenvalue weighted by Crippen LogP contribution is 2.21. The number of piperazine rings is 1. The summed E-state index contributed by atoms with van der Waals surface area (Å²) in [7, 11) is 0. The van der Waals surface area contributed by atoms with Gasteiger partial charge in [-0.15, -0.1) is 0 Å². The topological polar surface area (TPSA) is 61.4 Å². The van der Waals surface area contributed by atoms with Crippen molar-refractivity contribution >= 4 is 11.8 Å². The molecule has 0 bridgehead atoms. The Morgan fingerprint density at radius 1 is 1.36 bits per heavy atom. The van der Waals surface area contributed by atoms with Crippen LogP contribution in [0.1, 0.15) is 25.5 Å².